The number of nitrogens with one attached hydrogen (secondary N) is 1. The molecule has 3 nitrogen and oxygen atoms in total. The highest BCUT2D eigenvalue weighted by Crippen LogP contribution is 2.39. The molecule has 0 aromatic carbocycles. The fourth-order valence-electron chi connectivity index (χ4n) is 3.45. The highest BCUT2D eigenvalue weighted by Gasteiger charge is 2.29. The van der Waals surface area contributed by atoms with E-state index in [-0.39, 0.29) is 0 Å². The van der Waals surface area contributed by atoms with Crippen LogP contribution >= 0.6 is 11.6 Å². The van der Waals surface area contributed by atoms with Crippen LogP contribution in [0.15, 0.2) is 6.20 Å². The molecule has 2 atom stereocenters. The van der Waals surface area contributed by atoms with E-state index in [0.29, 0.717) is 11.8 Å². The summed E-state index contributed by atoms with van der Waals surface area (Å²) in [6, 6.07) is 0. The number of aromatic nitrogens is 2. The van der Waals surface area contributed by atoms with Crippen molar-refractivity contribution in [2.45, 2.75) is 64.8 Å². The molecule has 1 fully saturated rings. The van der Waals surface area contributed by atoms with Crippen molar-refractivity contribution in [3.05, 3.63) is 16.9 Å². The third-order valence-electron chi connectivity index (χ3n) is 4.48. The van der Waals surface area contributed by atoms with Gasteiger partial charge in [-0.25, -0.2) is 0 Å². The van der Waals surface area contributed by atoms with E-state index in [2.05, 4.69) is 28.9 Å². The topological polar surface area (TPSA) is 29.9 Å². The van der Waals surface area contributed by atoms with Gasteiger partial charge in [0, 0.05) is 12.5 Å². The Morgan fingerprint density at radius 1 is 1.30 bits per heavy atom. The van der Waals surface area contributed by atoms with Gasteiger partial charge in [-0.15, -0.1) is 0 Å². The molecule has 1 aromatic heterocycles. The molecule has 1 N–H and O–H groups in total. The summed E-state index contributed by atoms with van der Waals surface area (Å²) in [5.41, 5.74) is 1.28. The molecule has 0 saturated heterocycles. The smallest absolute Gasteiger partial charge is 0.0820 e. The van der Waals surface area contributed by atoms with Gasteiger partial charge in [-0.1, -0.05) is 37.8 Å². The van der Waals surface area contributed by atoms with Gasteiger partial charge in [-0.2, -0.15) is 5.10 Å². The van der Waals surface area contributed by atoms with Crippen molar-refractivity contribution in [3.8, 4) is 0 Å². The molecule has 4 heteroatoms. The summed E-state index contributed by atoms with van der Waals surface area (Å²) in [6.07, 6.45) is 9.62. The second-order valence-electron chi connectivity index (χ2n) is 5.90. The van der Waals surface area contributed by atoms with Crippen molar-refractivity contribution in [2.24, 2.45) is 5.92 Å². The Bertz CT molecular complexity index is 402. The molecular formula is C16H28ClN3. The molecule has 0 aliphatic heterocycles. The Kier molecular flexibility index (Phi) is 6.37. The van der Waals surface area contributed by atoms with Crippen molar-refractivity contribution >= 4 is 11.6 Å². The van der Waals surface area contributed by atoms with Gasteiger partial charge >= 0.3 is 0 Å². The van der Waals surface area contributed by atoms with Crippen molar-refractivity contribution < 1.29 is 0 Å². The second-order valence-corrected chi connectivity index (χ2v) is 6.31. The largest absolute Gasteiger partial charge is 0.316 e. The quantitative estimate of drug-likeness (QED) is 0.629. The molecule has 0 bridgehead atoms. The van der Waals surface area contributed by atoms with Gasteiger partial charge in [0.05, 0.1) is 16.9 Å². The second kappa shape index (κ2) is 8.04. The van der Waals surface area contributed by atoms with Crippen molar-refractivity contribution in [2.75, 3.05) is 13.1 Å². The monoisotopic (exact) mass is 297 g/mol. The highest BCUT2D eigenvalue weighted by atomic mass is 35.5. The van der Waals surface area contributed by atoms with E-state index in [1.54, 1.807) is 0 Å². The van der Waals surface area contributed by atoms with E-state index >= 15 is 0 Å². The minimum absolute atomic E-state index is 0.566. The minimum atomic E-state index is 0.566. The number of hydrogen-bond acceptors (Lipinski definition) is 2. The lowest BCUT2D eigenvalue weighted by Crippen LogP contribution is -2.28. The summed E-state index contributed by atoms with van der Waals surface area (Å²) >= 11 is 6.43. The molecule has 2 rings (SSSR count). The zero-order valence-electron chi connectivity index (χ0n) is 12.9. The lowest BCUT2D eigenvalue weighted by atomic mass is 9.85. The zero-order chi connectivity index (χ0) is 14.4. The lowest BCUT2D eigenvalue weighted by molar-refractivity contribution is 0.358. The molecular weight excluding hydrogens is 270 g/mol. The van der Waals surface area contributed by atoms with Crippen LogP contribution in [0.25, 0.3) is 0 Å². The predicted octanol–water partition coefficient (Wildman–Crippen LogP) is 4.22. The third kappa shape index (κ3) is 3.76. The highest BCUT2D eigenvalue weighted by molar-refractivity contribution is 6.31. The molecule has 0 amide bonds. The van der Waals surface area contributed by atoms with Crippen molar-refractivity contribution in [1.82, 2.24) is 15.1 Å². The Balaban J connectivity index is 2.16. The van der Waals surface area contributed by atoms with Gasteiger partial charge in [0.1, 0.15) is 0 Å². The molecule has 0 radical (unpaired) electrons. The van der Waals surface area contributed by atoms with Crippen LogP contribution in [0.3, 0.4) is 0 Å². The molecule has 0 spiro atoms. The maximum Gasteiger partial charge on any atom is 0.0820 e. The summed E-state index contributed by atoms with van der Waals surface area (Å²) < 4.78 is 2.10. The minimum Gasteiger partial charge on any atom is -0.316 e. The van der Waals surface area contributed by atoms with E-state index < -0.39 is 0 Å². The number of hydrogen-bond donors (Lipinski definition) is 1. The van der Waals surface area contributed by atoms with E-state index in [0.717, 1.165) is 24.7 Å². The van der Waals surface area contributed by atoms with Gasteiger partial charge in [-0.05, 0) is 45.2 Å². The van der Waals surface area contributed by atoms with Gasteiger partial charge in [0.15, 0.2) is 0 Å². The molecule has 1 aliphatic rings. The van der Waals surface area contributed by atoms with E-state index in [1.165, 1.54) is 44.2 Å². The summed E-state index contributed by atoms with van der Waals surface area (Å²) in [7, 11) is 0. The molecule has 1 aliphatic carbocycles. The van der Waals surface area contributed by atoms with Crippen LogP contribution in [0.5, 0.6) is 0 Å². The lowest BCUT2D eigenvalue weighted by Gasteiger charge is -2.26. The van der Waals surface area contributed by atoms with Gasteiger partial charge in [-0.3, -0.25) is 4.68 Å². The standard InChI is InChI=1S/C16H28ClN3/c1-3-10-18-11-13-8-6-5-7-9-14(13)16-15(17)12-19-20(16)4-2/h12-14,18H,3-11H2,1-2H3. The summed E-state index contributed by atoms with van der Waals surface area (Å²) in [5, 5.41) is 8.90. The Morgan fingerprint density at radius 2 is 2.10 bits per heavy atom. The third-order valence-corrected chi connectivity index (χ3v) is 4.77. The maximum atomic E-state index is 6.43. The summed E-state index contributed by atoms with van der Waals surface area (Å²) in [5.74, 6) is 1.26. The fourth-order valence-corrected chi connectivity index (χ4v) is 3.73. The van der Waals surface area contributed by atoms with Crippen molar-refractivity contribution in [3.63, 3.8) is 0 Å². The van der Waals surface area contributed by atoms with Crippen LogP contribution in [0.4, 0.5) is 0 Å². The maximum absolute atomic E-state index is 6.43. The molecule has 1 heterocycles. The van der Waals surface area contributed by atoms with Crippen molar-refractivity contribution in [1.29, 1.82) is 0 Å². The van der Waals surface area contributed by atoms with E-state index in [1.807, 2.05) is 6.20 Å². The summed E-state index contributed by atoms with van der Waals surface area (Å²) in [4.78, 5) is 0. The van der Waals surface area contributed by atoms with Crippen LogP contribution in [-0.4, -0.2) is 22.9 Å². The van der Waals surface area contributed by atoms with Gasteiger partial charge < -0.3 is 5.32 Å². The molecule has 1 aromatic rings. The van der Waals surface area contributed by atoms with Crippen LogP contribution in [-0.2, 0) is 6.54 Å². The molecule has 1 saturated carbocycles. The van der Waals surface area contributed by atoms with Crippen LogP contribution in [0.1, 0.15) is 64.0 Å². The number of rotatable bonds is 6. The van der Waals surface area contributed by atoms with E-state index in [9.17, 15) is 0 Å². The van der Waals surface area contributed by atoms with E-state index in [4.69, 9.17) is 11.6 Å². The first-order valence-corrected chi connectivity index (χ1v) is 8.57. The Labute approximate surface area is 128 Å². The Hall–Kier alpha value is -0.540. The van der Waals surface area contributed by atoms with Gasteiger partial charge in [0.25, 0.3) is 0 Å². The normalized spacial score (nSPS) is 23.8. The number of aryl methyl sites for hydroxylation is 1. The molecule has 20 heavy (non-hydrogen) atoms. The number of halogens is 1. The summed E-state index contributed by atoms with van der Waals surface area (Å²) in [6.45, 7) is 7.51. The predicted molar refractivity (Wildman–Crippen MR) is 85.4 cm³/mol. The van der Waals surface area contributed by atoms with Crippen LogP contribution < -0.4 is 5.32 Å². The fraction of sp³-hybridized carbons (Fsp3) is 0.812. The average molecular weight is 298 g/mol. The zero-order valence-corrected chi connectivity index (χ0v) is 13.6. The Morgan fingerprint density at radius 3 is 2.85 bits per heavy atom. The first kappa shape index (κ1) is 15.8. The van der Waals surface area contributed by atoms with Crippen LogP contribution in [0.2, 0.25) is 5.02 Å². The van der Waals surface area contributed by atoms with Crippen LogP contribution in [0, 0.1) is 5.92 Å². The SMILES string of the molecule is CCCNCC1CCCCCC1c1c(Cl)cnn1CC. The first-order valence-electron chi connectivity index (χ1n) is 8.19. The number of nitrogens with zero attached hydrogens (tertiary/aromatic N) is 2. The van der Waals surface area contributed by atoms with Gasteiger partial charge in [0.2, 0.25) is 0 Å². The first-order chi connectivity index (χ1) is 9.77. The average Bonchev–Trinajstić information content (AvgIpc) is 2.68. The molecule has 114 valence electrons. The molecule has 2 unspecified atom stereocenters.